The van der Waals surface area contributed by atoms with Gasteiger partial charge in [0.2, 0.25) is 10.0 Å². The second kappa shape index (κ2) is 8.98. The number of anilines is 1. The first-order chi connectivity index (χ1) is 14.3. The fourth-order valence-electron chi connectivity index (χ4n) is 2.71. The highest BCUT2D eigenvalue weighted by Gasteiger charge is 2.23. The molecule has 0 radical (unpaired) electrons. The van der Waals surface area contributed by atoms with Crippen molar-refractivity contribution in [2.24, 2.45) is 0 Å². The maximum Gasteiger partial charge on any atom is 0.259 e. The Hall–Kier alpha value is -3.36. The first-order valence-corrected chi connectivity index (χ1v) is 10.5. The number of hydrogen-bond donors (Lipinski definition) is 1. The van der Waals surface area contributed by atoms with E-state index in [4.69, 9.17) is 9.47 Å². The maximum atomic E-state index is 12.9. The zero-order valence-corrected chi connectivity index (χ0v) is 17.6. The van der Waals surface area contributed by atoms with Gasteiger partial charge < -0.3 is 14.8 Å². The number of nitrogens with zero attached hydrogens (tertiary/aromatic N) is 1. The molecule has 156 valence electrons. The molecular weight excluding hydrogens is 404 g/mol. The van der Waals surface area contributed by atoms with Gasteiger partial charge in [-0.2, -0.15) is 0 Å². The van der Waals surface area contributed by atoms with Gasteiger partial charge in [-0.1, -0.05) is 30.3 Å². The van der Waals surface area contributed by atoms with Crippen molar-refractivity contribution >= 4 is 21.6 Å². The standard InChI is InChI=1S/C22H22N2O5S/c1-24(2)30(26,27)21-15-16(13-14-20(21)28-3)23-22(25)18-11-7-8-12-19(18)29-17-9-5-4-6-10-17/h4-15H,1-3H3,(H,23,25). The summed E-state index contributed by atoms with van der Waals surface area (Å²) in [6.07, 6.45) is 0. The molecule has 0 saturated carbocycles. The number of carbonyl (C=O) groups is 1. The second-order valence-corrected chi connectivity index (χ2v) is 8.64. The van der Waals surface area contributed by atoms with Crippen molar-refractivity contribution < 1.29 is 22.7 Å². The van der Waals surface area contributed by atoms with Gasteiger partial charge in [0.05, 0.1) is 12.7 Å². The number of para-hydroxylation sites is 2. The number of ether oxygens (including phenoxy) is 2. The van der Waals surface area contributed by atoms with Crippen LogP contribution in [0.25, 0.3) is 0 Å². The molecule has 0 heterocycles. The third kappa shape index (κ3) is 4.61. The van der Waals surface area contributed by atoms with E-state index in [1.165, 1.54) is 33.3 Å². The highest BCUT2D eigenvalue weighted by atomic mass is 32.2. The Morgan fingerprint density at radius 3 is 2.23 bits per heavy atom. The number of rotatable bonds is 7. The topological polar surface area (TPSA) is 84.9 Å². The molecule has 0 saturated heterocycles. The predicted molar refractivity (Wildman–Crippen MR) is 115 cm³/mol. The SMILES string of the molecule is COc1ccc(NC(=O)c2ccccc2Oc2ccccc2)cc1S(=O)(=O)N(C)C. The third-order valence-electron chi connectivity index (χ3n) is 4.28. The molecule has 7 nitrogen and oxygen atoms in total. The lowest BCUT2D eigenvalue weighted by molar-refractivity contribution is 0.102. The highest BCUT2D eigenvalue weighted by molar-refractivity contribution is 7.89. The summed E-state index contributed by atoms with van der Waals surface area (Å²) in [4.78, 5) is 12.9. The van der Waals surface area contributed by atoms with E-state index in [2.05, 4.69) is 5.32 Å². The summed E-state index contributed by atoms with van der Waals surface area (Å²) in [7, 11) is 0.485. The number of sulfonamides is 1. The Balaban J connectivity index is 1.90. The Morgan fingerprint density at radius 1 is 0.900 bits per heavy atom. The van der Waals surface area contributed by atoms with Crippen LogP contribution in [0.5, 0.6) is 17.2 Å². The molecule has 0 atom stereocenters. The van der Waals surface area contributed by atoms with Crippen LogP contribution in [0.15, 0.2) is 77.7 Å². The molecule has 0 aliphatic heterocycles. The lowest BCUT2D eigenvalue weighted by Gasteiger charge is -2.16. The van der Waals surface area contributed by atoms with E-state index in [9.17, 15) is 13.2 Å². The van der Waals surface area contributed by atoms with Gasteiger partial charge in [0.25, 0.3) is 5.91 Å². The number of carbonyl (C=O) groups excluding carboxylic acids is 1. The molecular formula is C22H22N2O5S. The Kier molecular flexibility index (Phi) is 6.39. The normalized spacial score (nSPS) is 11.2. The highest BCUT2D eigenvalue weighted by Crippen LogP contribution is 2.30. The molecule has 0 spiro atoms. The number of nitrogens with one attached hydrogen (secondary N) is 1. The third-order valence-corrected chi connectivity index (χ3v) is 6.12. The minimum Gasteiger partial charge on any atom is -0.495 e. The van der Waals surface area contributed by atoms with E-state index in [1.54, 1.807) is 42.5 Å². The number of amides is 1. The number of hydrogen-bond acceptors (Lipinski definition) is 5. The second-order valence-electron chi connectivity index (χ2n) is 6.52. The van der Waals surface area contributed by atoms with E-state index in [1.807, 2.05) is 18.2 Å². The van der Waals surface area contributed by atoms with Crippen LogP contribution < -0.4 is 14.8 Å². The molecule has 0 bridgehead atoms. The number of methoxy groups -OCH3 is 1. The van der Waals surface area contributed by atoms with E-state index < -0.39 is 15.9 Å². The molecule has 1 N–H and O–H groups in total. The average Bonchev–Trinajstić information content (AvgIpc) is 2.74. The van der Waals surface area contributed by atoms with E-state index in [0.717, 1.165) is 4.31 Å². The van der Waals surface area contributed by atoms with E-state index >= 15 is 0 Å². The van der Waals surface area contributed by atoms with Gasteiger partial charge in [-0.15, -0.1) is 0 Å². The van der Waals surface area contributed by atoms with Crippen LogP contribution in [-0.4, -0.2) is 39.8 Å². The summed E-state index contributed by atoms with van der Waals surface area (Å²) < 4.78 is 37.3. The van der Waals surface area contributed by atoms with Crippen LogP contribution in [0.1, 0.15) is 10.4 Å². The van der Waals surface area contributed by atoms with Crippen LogP contribution >= 0.6 is 0 Å². The zero-order chi connectivity index (χ0) is 21.7. The minimum atomic E-state index is -3.76. The summed E-state index contributed by atoms with van der Waals surface area (Å²) in [5.74, 6) is 0.742. The summed E-state index contributed by atoms with van der Waals surface area (Å²) >= 11 is 0. The van der Waals surface area contributed by atoms with Crippen LogP contribution in [0, 0.1) is 0 Å². The van der Waals surface area contributed by atoms with Crippen molar-refractivity contribution in [1.29, 1.82) is 0 Å². The van der Waals surface area contributed by atoms with Gasteiger partial charge >= 0.3 is 0 Å². The first kappa shape index (κ1) is 21.4. The monoisotopic (exact) mass is 426 g/mol. The molecule has 30 heavy (non-hydrogen) atoms. The molecule has 8 heteroatoms. The van der Waals surface area contributed by atoms with Gasteiger partial charge in [0.15, 0.2) is 0 Å². The van der Waals surface area contributed by atoms with Crippen molar-refractivity contribution in [2.45, 2.75) is 4.90 Å². The lowest BCUT2D eigenvalue weighted by Crippen LogP contribution is -2.23. The van der Waals surface area contributed by atoms with E-state index in [0.29, 0.717) is 22.7 Å². The summed E-state index contributed by atoms with van der Waals surface area (Å²) in [5.41, 5.74) is 0.630. The van der Waals surface area contributed by atoms with Crippen LogP contribution in [0.4, 0.5) is 5.69 Å². The van der Waals surface area contributed by atoms with Crippen LogP contribution in [0.2, 0.25) is 0 Å². The molecule has 0 fully saturated rings. The van der Waals surface area contributed by atoms with Crippen molar-refractivity contribution in [3.05, 3.63) is 78.4 Å². The molecule has 1 amide bonds. The van der Waals surface area contributed by atoms with Gasteiger partial charge in [-0.3, -0.25) is 4.79 Å². The minimum absolute atomic E-state index is 0.0402. The fraction of sp³-hybridized carbons (Fsp3) is 0.136. The molecule has 0 aromatic heterocycles. The zero-order valence-electron chi connectivity index (χ0n) is 16.8. The van der Waals surface area contributed by atoms with Crippen molar-refractivity contribution in [1.82, 2.24) is 4.31 Å². The Labute approximate surface area is 175 Å². The van der Waals surface area contributed by atoms with Gasteiger partial charge in [-0.05, 0) is 42.5 Å². The van der Waals surface area contributed by atoms with Crippen molar-refractivity contribution in [3.63, 3.8) is 0 Å². The van der Waals surface area contributed by atoms with E-state index in [-0.39, 0.29) is 10.6 Å². The summed E-state index contributed by atoms with van der Waals surface area (Å²) in [5, 5.41) is 2.73. The smallest absolute Gasteiger partial charge is 0.259 e. The van der Waals surface area contributed by atoms with Crippen LogP contribution in [0.3, 0.4) is 0 Å². The van der Waals surface area contributed by atoms with Crippen molar-refractivity contribution in [2.75, 3.05) is 26.5 Å². The van der Waals surface area contributed by atoms with Gasteiger partial charge in [0.1, 0.15) is 22.1 Å². The van der Waals surface area contributed by atoms with Gasteiger partial charge in [0, 0.05) is 19.8 Å². The Morgan fingerprint density at radius 2 is 1.57 bits per heavy atom. The maximum absolute atomic E-state index is 12.9. The molecule has 3 aromatic carbocycles. The first-order valence-electron chi connectivity index (χ1n) is 9.07. The summed E-state index contributed by atoms with van der Waals surface area (Å²) in [6.45, 7) is 0. The molecule has 0 aliphatic rings. The van der Waals surface area contributed by atoms with Crippen molar-refractivity contribution in [3.8, 4) is 17.2 Å². The predicted octanol–water partition coefficient (Wildman–Crippen LogP) is 3.99. The molecule has 3 rings (SSSR count). The molecule has 0 aliphatic carbocycles. The fourth-order valence-corrected chi connectivity index (χ4v) is 3.78. The summed E-state index contributed by atoms with van der Waals surface area (Å²) in [6, 6.07) is 20.4. The molecule has 0 unspecified atom stereocenters. The lowest BCUT2D eigenvalue weighted by atomic mass is 10.1. The van der Waals surface area contributed by atoms with Crippen LogP contribution in [-0.2, 0) is 10.0 Å². The average molecular weight is 426 g/mol. The van der Waals surface area contributed by atoms with Gasteiger partial charge in [-0.25, -0.2) is 12.7 Å². The number of benzene rings is 3. The Bertz CT molecular complexity index is 1150. The largest absolute Gasteiger partial charge is 0.495 e. The molecule has 3 aromatic rings. The quantitative estimate of drug-likeness (QED) is 0.618.